The van der Waals surface area contributed by atoms with E-state index in [2.05, 4.69) is 10.3 Å². The van der Waals surface area contributed by atoms with Crippen LogP contribution in [0.15, 0.2) is 0 Å². The molecule has 1 aromatic rings. The summed E-state index contributed by atoms with van der Waals surface area (Å²) in [5.74, 6) is -1.07. The molecule has 1 aliphatic rings. The topological polar surface area (TPSA) is 91.8 Å². The summed E-state index contributed by atoms with van der Waals surface area (Å²) in [5.41, 5.74) is 0.858. The highest BCUT2D eigenvalue weighted by atomic mass is 32.1. The van der Waals surface area contributed by atoms with Crippen molar-refractivity contribution in [1.82, 2.24) is 9.88 Å². The largest absolute Gasteiger partial charge is 0.480 e. The molecule has 2 rings (SSSR count). The van der Waals surface area contributed by atoms with Crippen molar-refractivity contribution in [2.75, 3.05) is 25.1 Å². The maximum absolute atomic E-state index is 12.1. The van der Waals surface area contributed by atoms with Crippen molar-refractivity contribution in [2.24, 2.45) is 0 Å². The number of anilines is 1. The molecule has 2 amide bonds. The number of carboxylic acid groups (broad SMARTS) is 1. The number of urea groups is 1. The minimum absolute atomic E-state index is 0.0126. The SMILES string of the molecule is Cc1nc(NC(=O)N2CCOCC2C(=O)O)sc1C. The van der Waals surface area contributed by atoms with Crippen LogP contribution in [0.2, 0.25) is 0 Å². The first-order valence-corrected chi connectivity index (χ1v) is 6.63. The molecule has 19 heavy (non-hydrogen) atoms. The van der Waals surface area contributed by atoms with E-state index in [1.54, 1.807) is 0 Å². The number of carboxylic acids is 1. The van der Waals surface area contributed by atoms with Gasteiger partial charge in [-0.15, -0.1) is 11.3 Å². The number of aryl methyl sites for hydroxylation is 2. The Morgan fingerprint density at radius 1 is 1.53 bits per heavy atom. The van der Waals surface area contributed by atoms with Gasteiger partial charge < -0.3 is 14.7 Å². The summed E-state index contributed by atoms with van der Waals surface area (Å²) in [6.45, 7) is 4.38. The fourth-order valence-electron chi connectivity index (χ4n) is 1.74. The highest BCUT2D eigenvalue weighted by Gasteiger charge is 2.33. The molecular formula is C11H15N3O4S. The number of hydrogen-bond acceptors (Lipinski definition) is 5. The molecule has 1 aliphatic heterocycles. The van der Waals surface area contributed by atoms with E-state index in [-0.39, 0.29) is 13.2 Å². The number of morpholine rings is 1. The number of ether oxygens (including phenoxy) is 1. The minimum atomic E-state index is -1.07. The number of amides is 2. The van der Waals surface area contributed by atoms with E-state index in [0.717, 1.165) is 10.6 Å². The molecule has 0 spiro atoms. The number of hydrogen-bond donors (Lipinski definition) is 2. The van der Waals surface area contributed by atoms with E-state index < -0.39 is 18.0 Å². The Morgan fingerprint density at radius 2 is 2.26 bits per heavy atom. The van der Waals surface area contributed by atoms with Gasteiger partial charge in [-0.3, -0.25) is 5.32 Å². The van der Waals surface area contributed by atoms with Crippen LogP contribution >= 0.6 is 11.3 Å². The summed E-state index contributed by atoms with van der Waals surface area (Å²) in [6, 6.07) is -1.40. The fraction of sp³-hybridized carbons (Fsp3) is 0.545. The van der Waals surface area contributed by atoms with E-state index >= 15 is 0 Å². The van der Waals surface area contributed by atoms with Crippen LogP contribution < -0.4 is 5.32 Å². The third kappa shape index (κ3) is 3.02. The lowest BCUT2D eigenvalue weighted by molar-refractivity contribution is -0.147. The van der Waals surface area contributed by atoms with Gasteiger partial charge in [-0.2, -0.15) is 0 Å². The third-order valence-electron chi connectivity index (χ3n) is 2.92. The average Bonchev–Trinajstić information content (AvgIpc) is 2.68. The van der Waals surface area contributed by atoms with Crippen molar-refractivity contribution in [1.29, 1.82) is 0 Å². The molecule has 0 aromatic carbocycles. The molecule has 1 saturated heterocycles. The van der Waals surface area contributed by atoms with Crippen molar-refractivity contribution in [3.63, 3.8) is 0 Å². The number of nitrogens with one attached hydrogen (secondary N) is 1. The Hall–Kier alpha value is -1.67. The number of rotatable bonds is 2. The van der Waals surface area contributed by atoms with Gasteiger partial charge in [-0.25, -0.2) is 14.6 Å². The second-order valence-electron chi connectivity index (χ2n) is 4.21. The molecular weight excluding hydrogens is 270 g/mol. The summed E-state index contributed by atoms with van der Waals surface area (Å²) >= 11 is 1.37. The van der Waals surface area contributed by atoms with E-state index in [1.807, 2.05) is 13.8 Å². The lowest BCUT2D eigenvalue weighted by atomic mass is 10.2. The van der Waals surface area contributed by atoms with Crippen molar-refractivity contribution in [2.45, 2.75) is 19.9 Å². The van der Waals surface area contributed by atoms with Gasteiger partial charge in [-0.05, 0) is 13.8 Å². The highest BCUT2D eigenvalue weighted by Crippen LogP contribution is 2.22. The number of thiazole rings is 1. The van der Waals surface area contributed by atoms with Crippen molar-refractivity contribution < 1.29 is 19.4 Å². The first kappa shape index (κ1) is 13.8. The number of carbonyl (C=O) groups excluding carboxylic acids is 1. The van der Waals surface area contributed by atoms with Crippen LogP contribution in [0.5, 0.6) is 0 Å². The summed E-state index contributed by atoms with van der Waals surface area (Å²) in [6.07, 6.45) is 0. The Balaban J connectivity index is 2.07. The second kappa shape index (κ2) is 5.54. The van der Waals surface area contributed by atoms with Crippen LogP contribution in [-0.4, -0.2) is 52.8 Å². The van der Waals surface area contributed by atoms with Gasteiger partial charge in [-0.1, -0.05) is 0 Å². The third-order valence-corrected chi connectivity index (χ3v) is 3.91. The van der Waals surface area contributed by atoms with Gasteiger partial charge in [0.2, 0.25) is 0 Å². The first-order chi connectivity index (χ1) is 8.99. The lowest BCUT2D eigenvalue weighted by Gasteiger charge is -2.32. The van der Waals surface area contributed by atoms with Gasteiger partial charge >= 0.3 is 12.0 Å². The van der Waals surface area contributed by atoms with Gasteiger partial charge in [0.05, 0.1) is 18.9 Å². The molecule has 2 N–H and O–H groups in total. The van der Waals surface area contributed by atoms with Crippen LogP contribution in [0.4, 0.5) is 9.93 Å². The van der Waals surface area contributed by atoms with Crippen molar-refractivity contribution in [3.05, 3.63) is 10.6 Å². The molecule has 0 saturated carbocycles. The maximum atomic E-state index is 12.1. The van der Waals surface area contributed by atoms with Crippen molar-refractivity contribution in [3.8, 4) is 0 Å². The van der Waals surface area contributed by atoms with Crippen molar-refractivity contribution >= 4 is 28.5 Å². The summed E-state index contributed by atoms with van der Waals surface area (Å²) in [5, 5.41) is 12.2. The standard InChI is InChI=1S/C11H15N3O4S/c1-6-7(2)19-10(12-6)13-11(17)14-3-4-18-5-8(14)9(15)16/h8H,3-5H2,1-2H3,(H,15,16)(H,12,13,17). The van der Waals surface area contributed by atoms with Crippen LogP contribution in [0, 0.1) is 13.8 Å². The second-order valence-corrected chi connectivity index (χ2v) is 5.42. The quantitative estimate of drug-likeness (QED) is 0.848. The zero-order valence-corrected chi connectivity index (χ0v) is 11.5. The zero-order chi connectivity index (χ0) is 14.0. The Morgan fingerprint density at radius 3 is 2.84 bits per heavy atom. The number of nitrogens with zero attached hydrogens (tertiary/aromatic N) is 2. The maximum Gasteiger partial charge on any atom is 0.328 e. The van der Waals surface area contributed by atoms with Gasteiger partial charge in [0.15, 0.2) is 11.2 Å². The van der Waals surface area contributed by atoms with Crippen LogP contribution in [-0.2, 0) is 9.53 Å². The van der Waals surface area contributed by atoms with Gasteiger partial charge in [0.1, 0.15) is 0 Å². The van der Waals surface area contributed by atoms with E-state index in [4.69, 9.17) is 9.84 Å². The normalized spacial score (nSPS) is 19.3. The average molecular weight is 285 g/mol. The molecule has 1 aromatic heterocycles. The summed E-state index contributed by atoms with van der Waals surface area (Å²) in [7, 11) is 0. The molecule has 1 atom stereocenters. The monoisotopic (exact) mass is 285 g/mol. The van der Waals surface area contributed by atoms with Crippen LogP contribution in [0.25, 0.3) is 0 Å². The Bertz CT molecular complexity index is 483. The first-order valence-electron chi connectivity index (χ1n) is 5.81. The molecule has 0 bridgehead atoms. The number of carbonyl (C=O) groups is 2. The van der Waals surface area contributed by atoms with E-state index in [0.29, 0.717) is 11.7 Å². The summed E-state index contributed by atoms with van der Waals surface area (Å²) in [4.78, 5) is 29.6. The van der Waals surface area contributed by atoms with Crippen LogP contribution in [0.3, 0.4) is 0 Å². The molecule has 8 heteroatoms. The minimum Gasteiger partial charge on any atom is -0.480 e. The summed E-state index contributed by atoms with van der Waals surface area (Å²) < 4.78 is 5.08. The molecule has 0 aliphatic carbocycles. The fourth-order valence-corrected chi connectivity index (χ4v) is 2.55. The van der Waals surface area contributed by atoms with E-state index in [1.165, 1.54) is 16.2 Å². The molecule has 7 nitrogen and oxygen atoms in total. The molecule has 104 valence electrons. The predicted molar refractivity (Wildman–Crippen MR) is 69.6 cm³/mol. The van der Waals surface area contributed by atoms with Gasteiger partial charge in [0, 0.05) is 11.4 Å². The lowest BCUT2D eigenvalue weighted by Crippen LogP contribution is -2.53. The predicted octanol–water partition coefficient (Wildman–Crippen LogP) is 1.08. The number of aromatic nitrogens is 1. The molecule has 1 fully saturated rings. The molecule has 0 radical (unpaired) electrons. The highest BCUT2D eigenvalue weighted by molar-refractivity contribution is 7.15. The van der Waals surface area contributed by atoms with E-state index in [9.17, 15) is 9.59 Å². The van der Waals surface area contributed by atoms with Crippen LogP contribution in [0.1, 0.15) is 10.6 Å². The number of aliphatic carboxylic acids is 1. The Kier molecular flexibility index (Phi) is 4.01. The molecule has 1 unspecified atom stereocenters. The smallest absolute Gasteiger partial charge is 0.328 e. The zero-order valence-electron chi connectivity index (χ0n) is 10.7. The Labute approximate surface area is 114 Å². The molecule has 2 heterocycles. The van der Waals surface area contributed by atoms with Gasteiger partial charge in [0.25, 0.3) is 0 Å².